The van der Waals surface area contributed by atoms with Crippen LogP contribution in [0.4, 0.5) is 0 Å². The first kappa shape index (κ1) is 4.39. The third-order valence-electron chi connectivity index (χ3n) is 0.490. The molecule has 0 aromatic carbocycles. The highest BCUT2D eigenvalue weighted by atomic mass is 35.5. The lowest BCUT2D eigenvalue weighted by Crippen LogP contribution is -1.90. The number of hydrogen-bond acceptors (Lipinski definition) is 3. The summed E-state index contributed by atoms with van der Waals surface area (Å²) in [6.45, 7) is 0. The molecule has 0 saturated carbocycles. The molecule has 4 nitrogen and oxygen atoms in total. The average molecular weight is 120 g/mol. The van der Waals surface area contributed by atoms with E-state index in [1.165, 1.54) is 0 Å². The Morgan fingerprint density at radius 1 is 1.86 bits per heavy atom. The number of nitrogens with zero attached hydrogens (tertiary/aromatic N) is 3. The van der Waals surface area contributed by atoms with Gasteiger partial charge in [-0.05, 0) is 11.6 Å². The molecule has 5 heteroatoms. The molecule has 0 aliphatic carbocycles. The molecule has 1 aromatic heterocycles. The van der Waals surface area contributed by atoms with Gasteiger partial charge in [-0.1, -0.05) is 4.85 Å². The molecule has 1 rings (SSSR count). The summed E-state index contributed by atoms with van der Waals surface area (Å²) in [5.74, 6) is 0. The summed E-state index contributed by atoms with van der Waals surface area (Å²) >= 11 is 5.16. The van der Waals surface area contributed by atoms with Gasteiger partial charge in [-0.2, -0.15) is 0 Å². The van der Waals surface area contributed by atoms with Crippen LogP contribution in [0.2, 0.25) is 5.28 Å². The molecule has 0 unspecified atom stereocenters. The van der Waals surface area contributed by atoms with Crippen molar-refractivity contribution >= 4 is 11.6 Å². The molecule has 1 heterocycles. The molecule has 38 valence electrons. The minimum absolute atomic E-state index is 0.0278. The maximum atomic E-state index is 8.37. The van der Waals surface area contributed by atoms with Crippen LogP contribution in [0, 0.1) is 0 Å². The van der Waals surface area contributed by atoms with Gasteiger partial charge in [0.05, 0.1) is 0 Å². The number of hydrogen-bond donors (Lipinski definition) is 1. The third-order valence-corrected chi connectivity index (χ3v) is 0.739. The fraction of sp³-hybridized carbons (Fsp3) is 0. The third kappa shape index (κ3) is 0.640. The van der Waals surface area contributed by atoms with Crippen molar-refractivity contribution in [3.63, 3.8) is 0 Å². The molecule has 0 aliphatic heterocycles. The minimum atomic E-state index is -0.0278. The van der Waals surface area contributed by atoms with E-state index >= 15 is 0 Å². The Balaban J connectivity index is 3.12. The van der Waals surface area contributed by atoms with Crippen LogP contribution in [-0.4, -0.2) is 20.1 Å². The lowest BCUT2D eigenvalue weighted by Gasteiger charge is -1.80. The summed E-state index contributed by atoms with van der Waals surface area (Å²) in [6, 6.07) is 0. The largest absolute Gasteiger partial charge is 0.409 e. The van der Waals surface area contributed by atoms with Crippen LogP contribution in [0.3, 0.4) is 0 Å². The van der Waals surface area contributed by atoms with Crippen LogP contribution < -0.4 is 0 Å². The fourth-order valence-electron chi connectivity index (χ4n) is 0.222. The van der Waals surface area contributed by atoms with Gasteiger partial charge < -0.3 is 5.21 Å². The maximum Gasteiger partial charge on any atom is 0.259 e. The SMILES string of the molecule is On1ncnc1Cl. The van der Waals surface area contributed by atoms with Crippen LogP contribution in [-0.2, 0) is 0 Å². The van der Waals surface area contributed by atoms with Crippen LogP contribution in [0.1, 0.15) is 0 Å². The van der Waals surface area contributed by atoms with Crippen molar-refractivity contribution in [2.45, 2.75) is 0 Å². The molecule has 0 spiro atoms. The minimum Gasteiger partial charge on any atom is -0.409 e. The van der Waals surface area contributed by atoms with Gasteiger partial charge in [0.25, 0.3) is 5.28 Å². The van der Waals surface area contributed by atoms with E-state index in [-0.39, 0.29) is 5.28 Å². The zero-order valence-electron chi connectivity index (χ0n) is 3.24. The van der Waals surface area contributed by atoms with Crippen molar-refractivity contribution in [3.05, 3.63) is 11.6 Å². The van der Waals surface area contributed by atoms with Gasteiger partial charge in [0.15, 0.2) is 0 Å². The highest BCUT2D eigenvalue weighted by Gasteiger charge is 1.91. The molecule has 1 aromatic rings. The molecule has 7 heavy (non-hydrogen) atoms. The van der Waals surface area contributed by atoms with E-state index < -0.39 is 0 Å². The van der Waals surface area contributed by atoms with Crippen molar-refractivity contribution in [2.24, 2.45) is 0 Å². The monoisotopic (exact) mass is 119 g/mol. The molecular weight excluding hydrogens is 117 g/mol. The lowest BCUT2D eigenvalue weighted by atomic mass is 11.3. The number of aromatic nitrogens is 3. The van der Waals surface area contributed by atoms with Crippen LogP contribution in [0.25, 0.3) is 0 Å². The molecule has 0 fully saturated rings. The van der Waals surface area contributed by atoms with E-state index in [9.17, 15) is 0 Å². The second-order valence-electron chi connectivity index (χ2n) is 0.919. The Labute approximate surface area is 44.3 Å². The van der Waals surface area contributed by atoms with Crippen molar-refractivity contribution in [1.82, 2.24) is 14.9 Å². The van der Waals surface area contributed by atoms with E-state index in [0.29, 0.717) is 4.85 Å². The summed E-state index contributed by atoms with van der Waals surface area (Å²) < 4.78 is 0. The van der Waals surface area contributed by atoms with Gasteiger partial charge in [0.2, 0.25) is 0 Å². The molecule has 0 saturated heterocycles. The number of halogens is 1. The normalized spacial score (nSPS) is 9.29. The fourth-order valence-corrected chi connectivity index (χ4v) is 0.309. The molecule has 0 radical (unpaired) electrons. The zero-order valence-corrected chi connectivity index (χ0v) is 4.00. The van der Waals surface area contributed by atoms with E-state index in [2.05, 4.69) is 10.1 Å². The topological polar surface area (TPSA) is 50.9 Å². The smallest absolute Gasteiger partial charge is 0.259 e. The second kappa shape index (κ2) is 1.38. The summed E-state index contributed by atoms with van der Waals surface area (Å²) in [5.41, 5.74) is 0. The average Bonchev–Trinajstić information content (AvgIpc) is 1.91. The Hall–Kier alpha value is -0.770. The van der Waals surface area contributed by atoms with Gasteiger partial charge in [0.1, 0.15) is 6.33 Å². The number of rotatable bonds is 0. The first-order valence-electron chi connectivity index (χ1n) is 1.55. The molecule has 1 N–H and O–H groups in total. The Bertz CT molecular complexity index is 145. The lowest BCUT2D eigenvalue weighted by molar-refractivity contribution is 0.148. The van der Waals surface area contributed by atoms with Gasteiger partial charge in [0, 0.05) is 0 Å². The van der Waals surface area contributed by atoms with E-state index in [4.69, 9.17) is 16.8 Å². The predicted molar refractivity (Wildman–Crippen MR) is 22.2 cm³/mol. The summed E-state index contributed by atoms with van der Waals surface area (Å²) in [7, 11) is 0. The standard InChI is InChI=1S/C2H2ClN3O/c3-2-4-1-5-6(2)7/h1,7H. The molecular formula is C2H2ClN3O. The summed E-state index contributed by atoms with van der Waals surface area (Å²) in [6.07, 6.45) is 1.16. The van der Waals surface area contributed by atoms with E-state index in [0.717, 1.165) is 6.33 Å². The Morgan fingerprint density at radius 2 is 2.57 bits per heavy atom. The second-order valence-corrected chi connectivity index (χ2v) is 1.26. The van der Waals surface area contributed by atoms with Crippen molar-refractivity contribution in [2.75, 3.05) is 0 Å². The first-order valence-corrected chi connectivity index (χ1v) is 1.93. The molecule has 0 aliphatic rings. The van der Waals surface area contributed by atoms with Crippen LogP contribution in [0.5, 0.6) is 0 Å². The highest BCUT2D eigenvalue weighted by Crippen LogP contribution is 1.95. The highest BCUT2D eigenvalue weighted by molar-refractivity contribution is 6.28. The zero-order chi connectivity index (χ0) is 5.28. The molecule has 0 amide bonds. The van der Waals surface area contributed by atoms with Gasteiger partial charge in [-0.15, -0.1) is 5.10 Å². The van der Waals surface area contributed by atoms with E-state index in [1.54, 1.807) is 0 Å². The molecule has 0 atom stereocenters. The van der Waals surface area contributed by atoms with Crippen molar-refractivity contribution in [1.29, 1.82) is 0 Å². The van der Waals surface area contributed by atoms with Gasteiger partial charge >= 0.3 is 0 Å². The Morgan fingerprint density at radius 3 is 2.71 bits per heavy atom. The van der Waals surface area contributed by atoms with Crippen LogP contribution in [0.15, 0.2) is 6.33 Å². The predicted octanol–water partition coefficient (Wildman–Crippen LogP) is 0.169. The van der Waals surface area contributed by atoms with Gasteiger partial charge in [-0.25, -0.2) is 4.98 Å². The summed E-state index contributed by atoms with van der Waals surface area (Å²) in [4.78, 5) is 3.87. The van der Waals surface area contributed by atoms with Crippen molar-refractivity contribution < 1.29 is 5.21 Å². The van der Waals surface area contributed by atoms with E-state index in [1.807, 2.05) is 0 Å². The Kier molecular flexibility index (Phi) is 0.867. The summed E-state index contributed by atoms with van der Waals surface area (Å²) in [5, 5.41) is 11.6. The van der Waals surface area contributed by atoms with Crippen molar-refractivity contribution in [3.8, 4) is 0 Å². The molecule has 0 bridgehead atoms. The maximum absolute atomic E-state index is 8.37. The quantitative estimate of drug-likeness (QED) is 0.496. The van der Waals surface area contributed by atoms with Crippen LogP contribution >= 0.6 is 11.6 Å². The van der Waals surface area contributed by atoms with Gasteiger partial charge in [-0.3, -0.25) is 0 Å². The first-order chi connectivity index (χ1) is 3.30.